The molecular weight excluding hydrogens is 550 g/mol. The first kappa shape index (κ1) is 31.5. The molecule has 1 heterocycles. The predicted molar refractivity (Wildman–Crippen MR) is 167 cm³/mol. The summed E-state index contributed by atoms with van der Waals surface area (Å²) in [5.74, 6) is 0.936. The lowest BCUT2D eigenvalue weighted by atomic mass is 9.94. The average molecular weight is 594 g/mol. The number of hydrogen-bond acceptors (Lipinski definition) is 4. The van der Waals surface area contributed by atoms with Crippen LogP contribution in [-0.4, -0.2) is 59.5 Å². The molecule has 0 unspecified atom stereocenters. The molecule has 3 aromatic rings. The molecule has 4 rings (SSSR count). The number of methoxy groups -OCH3 is 2. The molecule has 7 nitrogen and oxygen atoms in total. The Labute approximate surface area is 255 Å². The van der Waals surface area contributed by atoms with Gasteiger partial charge in [0.05, 0.1) is 20.8 Å². The molecule has 0 spiro atoms. The molecule has 226 valence electrons. The molecule has 0 saturated heterocycles. The molecule has 1 aliphatic rings. The van der Waals surface area contributed by atoms with Gasteiger partial charge in [0.2, 0.25) is 5.91 Å². The molecule has 2 aromatic carbocycles. The lowest BCUT2D eigenvalue weighted by molar-refractivity contribution is -0.135. The van der Waals surface area contributed by atoms with Crippen LogP contribution < -0.4 is 9.47 Å². The van der Waals surface area contributed by atoms with Crippen LogP contribution in [0, 0.1) is 5.92 Å². The van der Waals surface area contributed by atoms with Crippen molar-refractivity contribution >= 4 is 23.4 Å². The SMILES string of the molecule is COc1cccc(OC)c1C(=O)N(CCC(C)C)CC(=O)N(Cc1cccn1Cc1ccccc1Cl)C1CCCCC1. The number of nitrogens with zero attached hydrogens (tertiary/aromatic N) is 3. The Balaban J connectivity index is 1.61. The summed E-state index contributed by atoms with van der Waals surface area (Å²) in [5, 5.41) is 0.725. The van der Waals surface area contributed by atoms with E-state index in [1.807, 2.05) is 41.4 Å². The van der Waals surface area contributed by atoms with E-state index < -0.39 is 0 Å². The van der Waals surface area contributed by atoms with Gasteiger partial charge in [-0.15, -0.1) is 0 Å². The topological polar surface area (TPSA) is 64.0 Å². The zero-order chi connectivity index (χ0) is 30.1. The van der Waals surface area contributed by atoms with Crippen molar-refractivity contribution in [2.75, 3.05) is 27.3 Å². The summed E-state index contributed by atoms with van der Waals surface area (Å²) < 4.78 is 13.2. The summed E-state index contributed by atoms with van der Waals surface area (Å²) in [6, 6.07) is 17.4. The second-order valence-corrected chi connectivity index (χ2v) is 11.9. The van der Waals surface area contributed by atoms with Crippen molar-refractivity contribution in [2.45, 2.75) is 71.5 Å². The minimum atomic E-state index is -0.260. The fourth-order valence-electron chi connectivity index (χ4n) is 5.69. The summed E-state index contributed by atoms with van der Waals surface area (Å²) in [5.41, 5.74) is 2.42. The van der Waals surface area contributed by atoms with Crippen molar-refractivity contribution in [3.63, 3.8) is 0 Å². The quantitative estimate of drug-likeness (QED) is 0.213. The minimum Gasteiger partial charge on any atom is -0.496 e. The van der Waals surface area contributed by atoms with Gasteiger partial charge in [-0.1, -0.05) is 69.0 Å². The summed E-state index contributed by atoms with van der Waals surface area (Å²) in [6.45, 7) is 5.80. The first-order chi connectivity index (χ1) is 20.3. The molecular formula is C34H44ClN3O4. The standard InChI is InChI=1S/C34H44ClN3O4/c1-25(2)19-21-37(34(40)33-30(41-3)17-10-18-31(33)42-4)24-32(39)38(27-13-6-5-7-14-27)23-28-15-11-20-36(28)22-26-12-8-9-16-29(26)35/h8-12,15-18,20,25,27H,5-7,13-14,19,21-24H2,1-4H3. The summed E-state index contributed by atoms with van der Waals surface area (Å²) >= 11 is 6.47. The van der Waals surface area contributed by atoms with Gasteiger partial charge in [-0.2, -0.15) is 0 Å². The van der Waals surface area contributed by atoms with Gasteiger partial charge < -0.3 is 23.8 Å². The Kier molecular flexibility index (Phi) is 11.4. The van der Waals surface area contributed by atoms with Gasteiger partial charge in [0, 0.05) is 36.0 Å². The minimum absolute atomic E-state index is 0.00548. The molecule has 0 radical (unpaired) electrons. The third kappa shape index (κ3) is 7.88. The molecule has 1 aromatic heterocycles. The van der Waals surface area contributed by atoms with Crippen LogP contribution in [0.3, 0.4) is 0 Å². The van der Waals surface area contributed by atoms with Crippen molar-refractivity contribution in [1.29, 1.82) is 0 Å². The molecule has 1 aliphatic carbocycles. The lowest BCUT2D eigenvalue weighted by Crippen LogP contribution is -2.48. The monoisotopic (exact) mass is 593 g/mol. The Morgan fingerprint density at radius 2 is 1.64 bits per heavy atom. The first-order valence-corrected chi connectivity index (χ1v) is 15.4. The molecule has 1 saturated carbocycles. The van der Waals surface area contributed by atoms with Crippen LogP contribution in [-0.2, 0) is 17.9 Å². The molecule has 0 N–H and O–H groups in total. The zero-order valence-corrected chi connectivity index (χ0v) is 26.1. The predicted octanol–water partition coefficient (Wildman–Crippen LogP) is 7.06. The Morgan fingerprint density at radius 1 is 0.952 bits per heavy atom. The van der Waals surface area contributed by atoms with Crippen LogP contribution >= 0.6 is 11.6 Å². The van der Waals surface area contributed by atoms with Gasteiger partial charge in [-0.25, -0.2) is 0 Å². The normalized spacial score (nSPS) is 13.7. The van der Waals surface area contributed by atoms with E-state index in [1.54, 1.807) is 23.1 Å². The van der Waals surface area contributed by atoms with Crippen LogP contribution in [0.15, 0.2) is 60.8 Å². The highest BCUT2D eigenvalue weighted by Gasteiger charge is 2.31. The fraction of sp³-hybridized carbons (Fsp3) is 0.471. The maximum absolute atomic E-state index is 14.2. The van der Waals surface area contributed by atoms with Crippen molar-refractivity contribution in [3.8, 4) is 11.5 Å². The van der Waals surface area contributed by atoms with Gasteiger partial charge >= 0.3 is 0 Å². The van der Waals surface area contributed by atoms with Crippen molar-refractivity contribution < 1.29 is 19.1 Å². The number of carbonyl (C=O) groups is 2. The zero-order valence-electron chi connectivity index (χ0n) is 25.4. The number of aromatic nitrogens is 1. The molecule has 2 amide bonds. The van der Waals surface area contributed by atoms with E-state index >= 15 is 0 Å². The molecule has 0 bridgehead atoms. The number of benzene rings is 2. The first-order valence-electron chi connectivity index (χ1n) is 15.0. The van der Waals surface area contributed by atoms with E-state index in [9.17, 15) is 9.59 Å². The molecule has 42 heavy (non-hydrogen) atoms. The maximum Gasteiger partial charge on any atom is 0.261 e. The number of hydrogen-bond donors (Lipinski definition) is 0. The van der Waals surface area contributed by atoms with E-state index in [1.165, 1.54) is 20.6 Å². The van der Waals surface area contributed by atoms with Gasteiger partial charge in [-0.05, 0) is 61.1 Å². The van der Waals surface area contributed by atoms with Crippen LogP contribution in [0.2, 0.25) is 5.02 Å². The van der Waals surface area contributed by atoms with Gasteiger partial charge in [0.25, 0.3) is 5.91 Å². The summed E-state index contributed by atoms with van der Waals surface area (Å²) in [6.07, 6.45) is 8.14. The highest BCUT2D eigenvalue weighted by molar-refractivity contribution is 6.31. The summed E-state index contributed by atoms with van der Waals surface area (Å²) in [7, 11) is 3.08. The van der Waals surface area contributed by atoms with Crippen LogP contribution in [0.25, 0.3) is 0 Å². The number of carbonyl (C=O) groups excluding carboxylic acids is 2. The van der Waals surface area contributed by atoms with Crippen molar-refractivity contribution in [2.24, 2.45) is 5.92 Å². The molecule has 1 fully saturated rings. The van der Waals surface area contributed by atoms with Crippen LogP contribution in [0.5, 0.6) is 11.5 Å². The van der Waals surface area contributed by atoms with Gasteiger partial charge in [0.15, 0.2) is 0 Å². The van der Waals surface area contributed by atoms with Gasteiger partial charge in [-0.3, -0.25) is 9.59 Å². The molecule has 0 atom stereocenters. The number of ether oxygens (including phenoxy) is 2. The Bertz CT molecular complexity index is 1310. The maximum atomic E-state index is 14.2. The average Bonchev–Trinajstić information content (AvgIpc) is 3.44. The highest BCUT2D eigenvalue weighted by atomic mass is 35.5. The number of amides is 2. The number of halogens is 1. The van der Waals surface area contributed by atoms with Crippen molar-refractivity contribution in [3.05, 3.63) is 82.6 Å². The third-order valence-electron chi connectivity index (χ3n) is 8.12. The van der Waals surface area contributed by atoms with Crippen LogP contribution in [0.1, 0.15) is 74.0 Å². The Morgan fingerprint density at radius 3 is 2.29 bits per heavy atom. The second-order valence-electron chi connectivity index (χ2n) is 11.5. The summed E-state index contributed by atoms with van der Waals surface area (Å²) in [4.78, 5) is 31.9. The van der Waals surface area contributed by atoms with E-state index in [2.05, 4.69) is 24.5 Å². The van der Waals surface area contributed by atoms with E-state index in [-0.39, 0.29) is 24.4 Å². The largest absolute Gasteiger partial charge is 0.496 e. The molecule has 8 heteroatoms. The smallest absolute Gasteiger partial charge is 0.261 e. The van der Waals surface area contributed by atoms with E-state index in [0.29, 0.717) is 42.6 Å². The Hall–Kier alpha value is -3.45. The fourth-order valence-corrected chi connectivity index (χ4v) is 5.88. The van der Waals surface area contributed by atoms with E-state index in [0.717, 1.165) is 48.4 Å². The van der Waals surface area contributed by atoms with Crippen molar-refractivity contribution in [1.82, 2.24) is 14.4 Å². The van der Waals surface area contributed by atoms with Crippen LogP contribution in [0.4, 0.5) is 0 Å². The number of rotatable bonds is 13. The van der Waals surface area contributed by atoms with Gasteiger partial charge in [0.1, 0.15) is 23.6 Å². The molecule has 0 aliphatic heterocycles. The second kappa shape index (κ2) is 15.1. The highest BCUT2D eigenvalue weighted by Crippen LogP contribution is 2.31. The lowest BCUT2D eigenvalue weighted by Gasteiger charge is -2.36. The third-order valence-corrected chi connectivity index (χ3v) is 8.49. The van der Waals surface area contributed by atoms with E-state index in [4.69, 9.17) is 21.1 Å².